The van der Waals surface area contributed by atoms with E-state index >= 15 is 0 Å². The van der Waals surface area contributed by atoms with Gasteiger partial charge in [-0.05, 0) is 43.2 Å². The molecule has 1 unspecified atom stereocenters. The first kappa shape index (κ1) is 21.8. The van der Waals surface area contributed by atoms with Crippen LogP contribution in [0.25, 0.3) is 0 Å². The predicted octanol–water partition coefficient (Wildman–Crippen LogP) is 0.639. The van der Waals surface area contributed by atoms with E-state index < -0.39 is 15.9 Å². The number of carbonyl (C=O) groups excluding carboxylic acids is 1. The Morgan fingerprint density at radius 2 is 1.93 bits per heavy atom. The number of anilines is 1. The molecule has 1 aromatic carbocycles. The molecule has 0 radical (unpaired) electrons. The van der Waals surface area contributed by atoms with E-state index in [-0.39, 0.29) is 24.2 Å². The van der Waals surface area contributed by atoms with Crippen LogP contribution in [-0.4, -0.2) is 68.7 Å². The smallest absolute Gasteiger partial charge is 0.255 e. The topological polar surface area (TPSA) is 128 Å². The quantitative estimate of drug-likeness (QED) is 0.640. The number of primary amides is 1. The van der Waals surface area contributed by atoms with Gasteiger partial charge in [-0.25, -0.2) is 8.42 Å². The number of amides is 1. The standard InChI is InChI=1S/C19H25N5O5S/c1-23(2)18-9-10-19(22-21-18)29-15-4-3-11-24(12-15)30(26,27)16-7-5-14(6-8-16)28-13-17(20)25/h5-10,15H,3-4,11-13H2,1-2H3,(H2,20,25). The van der Waals surface area contributed by atoms with Gasteiger partial charge in [0.05, 0.1) is 11.4 Å². The van der Waals surface area contributed by atoms with Crippen molar-refractivity contribution < 1.29 is 22.7 Å². The van der Waals surface area contributed by atoms with Crippen LogP contribution >= 0.6 is 0 Å². The van der Waals surface area contributed by atoms with Gasteiger partial charge in [0.15, 0.2) is 12.4 Å². The lowest BCUT2D eigenvalue weighted by molar-refractivity contribution is -0.119. The first-order chi connectivity index (χ1) is 14.3. The molecular weight excluding hydrogens is 410 g/mol. The van der Waals surface area contributed by atoms with Gasteiger partial charge in [0.2, 0.25) is 15.9 Å². The number of hydrogen-bond donors (Lipinski definition) is 1. The number of piperidine rings is 1. The van der Waals surface area contributed by atoms with Crippen molar-refractivity contribution in [3.63, 3.8) is 0 Å². The van der Waals surface area contributed by atoms with Crippen molar-refractivity contribution in [2.75, 3.05) is 38.7 Å². The Bertz CT molecular complexity index is 964. The molecule has 1 atom stereocenters. The van der Waals surface area contributed by atoms with Crippen LogP contribution in [0.2, 0.25) is 0 Å². The summed E-state index contributed by atoms with van der Waals surface area (Å²) in [6.07, 6.45) is 1.09. The molecule has 10 nitrogen and oxygen atoms in total. The van der Waals surface area contributed by atoms with E-state index in [0.29, 0.717) is 30.4 Å². The second kappa shape index (κ2) is 9.26. The maximum atomic E-state index is 13.0. The zero-order valence-electron chi connectivity index (χ0n) is 16.9. The average molecular weight is 436 g/mol. The molecule has 1 aliphatic rings. The van der Waals surface area contributed by atoms with Gasteiger partial charge in [0.25, 0.3) is 5.91 Å². The maximum absolute atomic E-state index is 13.0. The number of benzene rings is 1. The fourth-order valence-electron chi connectivity index (χ4n) is 3.02. The Kier molecular flexibility index (Phi) is 6.73. The molecule has 0 aliphatic carbocycles. The van der Waals surface area contributed by atoms with Crippen LogP contribution in [-0.2, 0) is 14.8 Å². The zero-order chi connectivity index (χ0) is 21.7. The molecule has 1 fully saturated rings. The summed E-state index contributed by atoms with van der Waals surface area (Å²) in [6.45, 7) is 0.363. The average Bonchev–Trinajstić information content (AvgIpc) is 2.73. The third-order valence-corrected chi connectivity index (χ3v) is 6.43. The van der Waals surface area contributed by atoms with E-state index in [2.05, 4.69) is 10.2 Å². The SMILES string of the molecule is CN(C)c1ccc(OC2CCCN(S(=O)(=O)c3ccc(OCC(N)=O)cc3)C2)nn1. The van der Waals surface area contributed by atoms with E-state index in [1.54, 1.807) is 12.1 Å². The molecule has 3 rings (SSSR count). The molecule has 1 aromatic heterocycles. The molecule has 11 heteroatoms. The number of nitrogens with two attached hydrogens (primary N) is 1. The fraction of sp³-hybridized carbons (Fsp3) is 0.421. The molecular formula is C19H25N5O5S. The van der Waals surface area contributed by atoms with Gasteiger partial charge in [0.1, 0.15) is 11.9 Å². The van der Waals surface area contributed by atoms with Gasteiger partial charge in [-0.15, -0.1) is 10.2 Å². The van der Waals surface area contributed by atoms with E-state index in [1.807, 2.05) is 19.0 Å². The van der Waals surface area contributed by atoms with Gasteiger partial charge in [0, 0.05) is 26.7 Å². The Morgan fingerprint density at radius 1 is 1.20 bits per heavy atom. The number of ether oxygens (including phenoxy) is 2. The van der Waals surface area contributed by atoms with Gasteiger partial charge in [-0.3, -0.25) is 4.79 Å². The summed E-state index contributed by atoms with van der Waals surface area (Å²) in [5.74, 6) is 0.832. The highest BCUT2D eigenvalue weighted by Crippen LogP contribution is 2.24. The van der Waals surface area contributed by atoms with Crippen LogP contribution in [0.3, 0.4) is 0 Å². The molecule has 0 saturated carbocycles. The number of rotatable bonds is 8. The molecule has 1 saturated heterocycles. The van der Waals surface area contributed by atoms with Crippen molar-refractivity contribution in [1.82, 2.24) is 14.5 Å². The molecule has 2 heterocycles. The monoisotopic (exact) mass is 435 g/mol. The number of sulfonamides is 1. The summed E-state index contributed by atoms with van der Waals surface area (Å²) < 4.78 is 38.4. The van der Waals surface area contributed by atoms with Crippen molar-refractivity contribution in [2.45, 2.75) is 23.8 Å². The molecule has 30 heavy (non-hydrogen) atoms. The summed E-state index contributed by atoms with van der Waals surface area (Å²) in [5.41, 5.74) is 5.04. The third kappa shape index (κ3) is 5.36. The number of hydrogen-bond acceptors (Lipinski definition) is 8. The Hall–Kier alpha value is -2.92. The largest absolute Gasteiger partial charge is 0.484 e. The third-order valence-electron chi connectivity index (χ3n) is 4.56. The first-order valence-electron chi connectivity index (χ1n) is 9.45. The summed E-state index contributed by atoms with van der Waals surface area (Å²) in [4.78, 5) is 12.8. The second-order valence-electron chi connectivity index (χ2n) is 7.10. The van der Waals surface area contributed by atoms with Crippen LogP contribution in [0.15, 0.2) is 41.3 Å². The highest BCUT2D eigenvalue weighted by molar-refractivity contribution is 7.89. The Balaban J connectivity index is 1.65. The van der Waals surface area contributed by atoms with Crippen molar-refractivity contribution in [1.29, 1.82) is 0 Å². The molecule has 1 amide bonds. The molecule has 2 aromatic rings. The summed E-state index contributed by atoms with van der Waals surface area (Å²) in [6, 6.07) is 9.40. The van der Waals surface area contributed by atoms with Gasteiger partial charge < -0.3 is 20.1 Å². The van der Waals surface area contributed by atoms with E-state index in [0.717, 1.165) is 6.42 Å². The lowest BCUT2D eigenvalue weighted by Crippen LogP contribution is -2.44. The van der Waals surface area contributed by atoms with Crippen molar-refractivity contribution in [3.8, 4) is 11.6 Å². The normalized spacial score (nSPS) is 17.3. The van der Waals surface area contributed by atoms with E-state index in [1.165, 1.54) is 28.6 Å². The maximum Gasteiger partial charge on any atom is 0.255 e. The number of nitrogens with zero attached hydrogens (tertiary/aromatic N) is 4. The lowest BCUT2D eigenvalue weighted by Gasteiger charge is -2.31. The molecule has 162 valence electrons. The van der Waals surface area contributed by atoms with Crippen LogP contribution < -0.4 is 20.1 Å². The minimum absolute atomic E-state index is 0.143. The highest BCUT2D eigenvalue weighted by atomic mass is 32.2. The van der Waals surface area contributed by atoms with Crippen LogP contribution in [0.5, 0.6) is 11.6 Å². The number of aromatic nitrogens is 2. The van der Waals surface area contributed by atoms with Crippen LogP contribution in [0.4, 0.5) is 5.82 Å². The van der Waals surface area contributed by atoms with Crippen molar-refractivity contribution in [3.05, 3.63) is 36.4 Å². The Labute approximate surface area is 175 Å². The van der Waals surface area contributed by atoms with E-state index in [4.69, 9.17) is 15.2 Å². The summed E-state index contributed by atoms with van der Waals surface area (Å²) in [5, 5.41) is 8.12. The van der Waals surface area contributed by atoms with Gasteiger partial charge >= 0.3 is 0 Å². The summed E-state index contributed by atoms with van der Waals surface area (Å²) >= 11 is 0. The Morgan fingerprint density at radius 3 is 2.53 bits per heavy atom. The predicted molar refractivity (Wildman–Crippen MR) is 110 cm³/mol. The molecule has 0 spiro atoms. The zero-order valence-corrected chi connectivity index (χ0v) is 17.7. The van der Waals surface area contributed by atoms with Gasteiger partial charge in [-0.2, -0.15) is 4.31 Å². The minimum atomic E-state index is -3.69. The molecule has 0 bridgehead atoms. The first-order valence-corrected chi connectivity index (χ1v) is 10.9. The fourth-order valence-corrected chi connectivity index (χ4v) is 4.53. The van der Waals surface area contributed by atoms with Crippen molar-refractivity contribution >= 4 is 21.7 Å². The number of carbonyl (C=O) groups is 1. The van der Waals surface area contributed by atoms with Crippen molar-refractivity contribution in [2.24, 2.45) is 5.73 Å². The summed E-state index contributed by atoms with van der Waals surface area (Å²) in [7, 11) is 0.0420. The molecule has 1 aliphatic heterocycles. The van der Waals surface area contributed by atoms with Crippen LogP contribution in [0, 0.1) is 0 Å². The molecule has 2 N–H and O–H groups in total. The lowest BCUT2D eigenvalue weighted by atomic mass is 10.1. The van der Waals surface area contributed by atoms with Crippen LogP contribution in [0.1, 0.15) is 12.8 Å². The second-order valence-corrected chi connectivity index (χ2v) is 9.03. The minimum Gasteiger partial charge on any atom is -0.484 e. The van der Waals surface area contributed by atoms with E-state index in [9.17, 15) is 13.2 Å². The van der Waals surface area contributed by atoms with Gasteiger partial charge in [-0.1, -0.05) is 0 Å². The highest BCUT2D eigenvalue weighted by Gasteiger charge is 2.31.